The van der Waals surface area contributed by atoms with Crippen LogP contribution in [0.1, 0.15) is 16.6 Å². The van der Waals surface area contributed by atoms with Crippen molar-refractivity contribution >= 4 is 21.2 Å². The zero-order valence-electron chi connectivity index (χ0n) is 10.2. The third-order valence-corrected chi connectivity index (χ3v) is 5.88. The van der Waals surface area contributed by atoms with Crippen LogP contribution in [-0.4, -0.2) is 25.7 Å². The van der Waals surface area contributed by atoms with Gasteiger partial charge in [0.2, 0.25) is 0 Å². The monoisotopic (exact) mass is 294 g/mol. The summed E-state index contributed by atoms with van der Waals surface area (Å²) in [5.74, 6) is 0.157. The molecular formula is C13H14N2O2S2. The Hall–Kier alpha value is -1.24. The topological polar surface area (TPSA) is 59.1 Å². The van der Waals surface area contributed by atoms with Crippen molar-refractivity contribution in [1.82, 2.24) is 10.3 Å². The summed E-state index contributed by atoms with van der Waals surface area (Å²) in [7, 11) is -3.11. The summed E-state index contributed by atoms with van der Waals surface area (Å²) in [5, 5.41) is 6.34. The average Bonchev–Trinajstić information content (AvgIpc) is 2.98. The molecule has 0 saturated carbocycles. The first-order chi connectivity index (χ1) is 9.17. The highest BCUT2D eigenvalue weighted by Gasteiger charge is 2.33. The van der Waals surface area contributed by atoms with Crippen LogP contribution >= 0.6 is 11.3 Å². The van der Waals surface area contributed by atoms with Crippen LogP contribution in [0.25, 0.3) is 0 Å². The summed E-state index contributed by atoms with van der Waals surface area (Å²) in [5.41, 5.74) is 0.890. The Morgan fingerprint density at radius 2 is 2.21 bits per heavy atom. The average molecular weight is 294 g/mol. The smallest absolute Gasteiger partial charge is 0.180 e. The van der Waals surface area contributed by atoms with Crippen LogP contribution in [0.2, 0.25) is 0 Å². The number of benzene rings is 1. The lowest BCUT2D eigenvalue weighted by Gasteiger charge is -2.11. The van der Waals surface area contributed by atoms with Gasteiger partial charge in [-0.2, -0.15) is 0 Å². The van der Waals surface area contributed by atoms with E-state index in [0.717, 1.165) is 23.5 Å². The summed E-state index contributed by atoms with van der Waals surface area (Å²) in [6.07, 6.45) is 2.62. The standard InChI is InChI=1S/C13H14N2O2S2/c16-19(17)9-11(10-3-1-2-4-12(10)19)14-6-5-13-15-7-8-18-13/h1-4,7-8,11,14H,5-6,9H2. The zero-order chi connectivity index (χ0) is 13.3. The molecule has 1 aliphatic heterocycles. The minimum absolute atomic E-state index is 0.0961. The second kappa shape index (κ2) is 5.03. The van der Waals surface area contributed by atoms with Crippen molar-refractivity contribution < 1.29 is 8.42 Å². The molecule has 0 fully saturated rings. The third-order valence-electron chi connectivity index (χ3n) is 3.23. The van der Waals surface area contributed by atoms with Gasteiger partial charge in [0.25, 0.3) is 0 Å². The molecule has 3 rings (SSSR count). The normalized spacial score (nSPS) is 20.3. The summed E-state index contributed by atoms with van der Waals surface area (Å²) in [4.78, 5) is 4.69. The van der Waals surface area contributed by atoms with Gasteiger partial charge in [-0.05, 0) is 11.6 Å². The second-order valence-electron chi connectivity index (χ2n) is 4.50. The maximum absolute atomic E-state index is 12.0. The largest absolute Gasteiger partial charge is 0.309 e. The Labute approximate surface area is 116 Å². The Bertz CT molecular complexity index is 666. The molecule has 2 aromatic rings. The minimum atomic E-state index is -3.11. The number of nitrogens with one attached hydrogen (secondary N) is 1. The lowest BCUT2D eigenvalue weighted by atomic mass is 10.1. The van der Waals surface area contributed by atoms with E-state index >= 15 is 0 Å². The zero-order valence-corrected chi connectivity index (χ0v) is 11.9. The first kappa shape index (κ1) is 12.8. The molecule has 1 unspecified atom stereocenters. The van der Waals surface area contributed by atoms with Crippen LogP contribution < -0.4 is 5.32 Å². The Kier molecular flexibility index (Phi) is 3.38. The fourth-order valence-corrected chi connectivity index (χ4v) is 4.74. The lowest BCUT2D eigenvalue weighted by molar-refractivity contribution is 0.568. The van der Waals surface area contributed by atoms with E-state index < -0.39 is 9.84 Å². The van der Waals surface area contributed by atoms with Crippen LogP contribution in [0.5, 0.6) is 0 Å². The van der Waals surface area contributed by atoms with Gasteiger partial charge in [-0.3, -0.25) is 0 Å². The lowest BCUT2D eigenvalue weighted by Crippen LogP contribution is -2.25. The fraction of sp³-hybridized carbons (Fsp3) is 0.308. The van der Waals surface area contributed by atoms with E-state index in [4.69, 9.17) is 0 Å². The van der Waals surface area contributed by atoms with Gasteiger partial charge in [-0.15, -0.1) is 11.3 Å². The van der Waals surface area contributed by atoms with Gasteiger partial charge in [0.1, 0.15) is 0 Å². The van der Waals surface area contributed by atoms with Crippen LogP contribution in [0.3, 0.4) is 0 Å². The SMILES string of the molecule is O=S1(=O)CC(NCCc2nccs2)c2ccccc21. The fourth-order valence-electron chi connectivity index (χ4n) is 2.35. The highest BCUT2D eigenvalue weighted by Crippen LogP contribution is 2.32. The summed E-state index contributed by atoms with van der Waals surface area (Å²) in [6, 6.07) is 7.14. The van der Waals surface area contributed by atoms with Crippen LogP contribution in [-0.2, 0) is 16.3 Å². The van der Waals surface area contributed by atoms with Crippen LogP contribution in [0, 0.1) is 0 Å². The maximum Gasteiger partial charge on any atom is 0.180 e. The predicted molar refractivity (Wildman–Crippen MR) is 75.1 cm³/mol. The van der Waals surface area contributed by atoms with Crippen molar-refractivity contribution in [3.63, 3.8) is 0 Å². The number of fused-ring (bicyclic) bond motifs is 1. The van der Waals surface area contributed by atoms with Gasteiger partial charge in [0.05, 0.1) is 15.7 Å². The van der Waals surface area contributed by atoms with E-state index in [-0.39, 0.29) is 11.8 Å². The third kappa shape index (κ3) is 2.56. The van der Waals surface area contributed by atoms with E-state index in [9.17, 15) is 8.42 Å². The molecular weight excluding hydrogens is 280 g/mol. The van der Waals surface area contributed by atoms with Crippen molar-refractivity contribution in [1.29, 1.82) is 0 Å². The molecule has 6 heteroatoms. The minimum Gasteiger partial charge on any atom is -0.309 e. The summed E-state index contributed by atoms with van der Waals surface area (Å²) in [6.45, 7) is 0.738. The Morgan fingerprint density at radius 1 is 1.37 bits per heavy atom. The highest BCUT2D eigenvalue weighted by atomic mass is 32.2. The van der Waals surface area contributed by atoms with Crippen molar-refractivity contribution in [2.75, 3.05) is 12.3 Å². The molecule has 1 aliphatic rings. The molecule has 0 saturated heterocycles. The van der Waals surface area contributed by atoms with E-state index in [1.165, 1.54) is 0 Å². The Balaban J connectivity index is 1.70. The molecule has 0 aliphatic carbocycles. The molecule has 19 heavy (non-hydrogen) atoms. The van der Waals surface area contributed by atoms with Gasteiger partial charge in [0.15, 0.2) is 9.84 Å². The van der Waals surface area contributed by atoms with Crippen LogP contribution in [0.15, 0.2) is 40.7 Å². The molecule has 100 valence electrons. The molecule has 0 bridgehead atoms. The molecule has 2 heterocycles. The van der Waals surface area contributed by atoms with Gasteiger partial charge >= 0.3 is 0 Å². The number of hydrogen-bond acceptors (Lipinski definition) is 5. The molecule has 0 spiro atoms. The summed E-state index contributed by atoms with van der Waals surface area (Å²) >= 11 is 1.62. The van der Waals surface area contributed by atoms with E-state index in [0.29, 0.717) is 4.90 Å². The maximum atomic E-state index is 12.0. The number of thiazole rings is 1. The molecule has 0 radical (unpaired) electrons. The van der Waals surface area contributed by atoms with E-state index in [1.807, 2.05) is 17.5 Å². The predicted octanol–water partition coefficient (Wildman–Crippen LogP) is 1.80. The first-order valence-corrected chi connectivity index (χ1v) is 8.63. The number of aromatic nitrogens is 1. The number of hydrogen-bond donors (Lipinski definition) is 1. The van der Waals surface area contributed by atoms with E-state index in [1.54, 1.807) is 29.7 Å². The summed E-state index contributed by atoms with van der Waals surface area (Å²) < 4.78 is 24.0. The number of rotatable bonds is 4. The van der Waals surface area contributed by atoms with Gasteiger partial charge in [-0.1, -0.05) is 18.2 Å². The van der Waals surface area contributed by atoms with E-state index in [2.05, 4.69) is 10.3 Å². The van der Waals surface area contributed by atoms with Crippen molar-refractivity contribution in [3.05, 3.63) is 46.4 Å². The number of nitrogens with zero attached hydrogens (tertiary/aromatic N) is 1. The van der Waals surface area contributed by atoms with Crippen molar-refractivity contribution in [3.8, 4) is 0 Å². The van der Waals surface area contributed by atoms with Crippen molar-refractivity contribution in [2.24, 2.45) is 0 Å². The van der Waals surface area contributed by atoms with Gasteiger partial charge < -0.3 is 5.32 Å². The molecule has 4 nitrogen and oxygen atoms in total. The van der Waals surface area contributed by atoms with Crippen molar-refractivity contribution in [2.45, 2.75) is 17.4 Å². The molecule has 1 aromatic carbocycles. The number of sulfone groups is 1. The Morgan fingerprint density at radius 3 is 3.00 bits per heavy atom. The van der Waals surface area contributed by atoms with Gasteiger partial charge in [-0.25, -0.2) is 13.4 Å². The molecule has 0 amide bonds. The molecule has 1 atom stereocenters. The van der Waals surface area contributed by atoms with Crippen LogP contribution in [0.4, 0.5) is 0 Å². The highest BCUT2D eigenvalue weighted by molar-refractivity contribution is 7.91. The molecule has 1 aromatic heterocycles. The first-order valence-electron chi connectivity index (χ1n) is 6.10. The quantitative estimate of drug-likeness (QED) is 0.934. The van der Waals surface area contributed by atoms with Gasteiger partial charge in [0, 0.05) is 30.6 Å². The molecule has 1 N–H and O–H groups in total. The second-order valence-corrected chi connectivity index (χ2v) is 7.48.